The van der Waals surface area contributed by atoms with Gasteiger partial charge < -0.3 is 4.90 Å². The van der Waals surface area contributed by atoms with E-state index in [0.29, 0.717) is 11.6 Å². The minimum absolute atomic E-state index is 0.331. The summed E-state index contributed by atoms with van der Waals surface area (Å²) >= 11 is 0. The molecule has 2 nitrogen and oxygen atoms in total. The van der Waals surface area contributed by atoms with Gasteiger partial charge in [-0.1, -0.05) is 12.8 Å². The van der Waals surface area contributed by atoms with Crippen molar-refractivity contribution in [2.24, 2.45) is 5.92 Å². The number of hydrogen-bond donors (Lipinski definition) is 0. The molecule has 0 bridgehead atoms. The summed E-state index contributed by atoms with van der Waals surface area (Å²) in [5.41, 5.74) is 1.41. The molecule has 3 heteroatoms. The lowest BCUT2D eigenvalue weighted by Crippen LogP contribution is -2.35. The summed E-state index contributed by atoms with van der Waals surface area (Å²) in [6.45, 7) is 0.994. The van der Waals surface area contributed by atoms with E-state index in [1.165, 1.54) is 50.7 Å². The molecule has 3 rings (SSSR count). The molecular weight excluding hydrogens is 241 g/mol. The quantitative estimate of drug-likeness (QED) is 0.771. The van der Waals surface area contributed by atoms with Gasteiger partial charge in [0.1, 0.15) is 5.82 Å². The number of carbonyl (C=O) groups excluding carboxylic acids is 1. The van der Waals surface area contributed by atoms with Gasteiger partial charge in [-0.2, -0.15) is 0 Å². The molecule has 1 aliphatic heterocycles. The SMILES string of the molecule is O=Cc1cc(F)ccc1N1CCCC1C1CCCC1. The molecule has 102 valence electrons. The fourth-order valence-electron chi connectivity index (χ4n) is 3.81. The van der Waals surface area contributed by atoms with Crippen LogP contribution in [0.25, 0.3) is 0 Å². The Morgan fingerprint density at radius 3 is 2.68 bits per heavy atom. The summed E-state index contributed by atoms with van der Waals surface area (Å²) in [6, 6.07) is 5.14. The van der Waals surface area contributed by atoms with Crippen LogP contribution in [0.3, 0.4) is 0 Å². The van der Waals surface area contributed by atoms with Crippen molar-refractivity contribution < 1.29 is 9.18 Å². The number of halogens is 1. The van der Waals surface area contributed by atoms with Gasteiger partial charge in [0, 0.05) is 23.8 Å². The second-order valence-electron chi connectivity index (χ2n) is 5.77. The lowest BCUT2D eigenvalue weighted by molar-refractivity contribution is 0.112. The van der Waals surface area contributed by atoms with E-state index >= 15 is 0 Å². The van der Waals surface area contributed by atoms with Gasteiger partial charge in [0.05, 0.1) is 0 Å². The predicted molar refractivity (Wildman–Crippen MR) is 74.1 cm³/mol. The Bertz CT molecular complexity index is 468. The topological polar surface area (TPSA) is 20.3 Å². The maximum Gasteiger partial charge on any atom is 0.152 e. The number of nitrogens with zero attached hydrogens (tertiary/aromatic N) is 1. The molecule has 0 N–H and O–H groups in total. The maximum atomic E-state index is 13.2. The van der Waals surface area contributed by atoms with Gasteiger partial charge in [-0.05, 0) is 49.8 Å². The van der Waals surface area contributed by atoms with Crippen LogP contribution in [-0.2, 0) is 0 Å². The number of rotatable bonds is 3. The van der Waals surface area contributed by atoms with Crippen LogP contribution in [0.2, 0.25) is 0 Å². The number of carbonyl (C=O) groups is 1. The largest absolute Gasteiger partial charge is 0.368 e. The third-order valence-electron chi connectivity index (χ3n) is 4.67. The standard InChI is InChI=1S/C16H20FNO/c17-14-7-8-16(13(10-14)11-19)18-9-3-6-15(18)12-4-1-2-5-12/h7-8,10-12,15H,1-6,9H2. The molecule has 2 aliphatic rings. The van der Waals surface area contributed by atoms with Crippen molar-refractivity contribution >= 4 is 12.0 Å². The first kappa shape index (κ1) is 12.6. The highest BCUT2D eigenvalue weighted by molar-refractivity contribution is 5.84. The van der Waals surface area contributed by atoms with E-state index < -0.39 is 0 Å². The Morgan fingerprint density at radius 2 is 1.95 bits per heavy atom. The zero-order chi connectivity index (χ0) is 13.2. The fourth-order valence-corrected chi connectivity index (χ4v) is 3.81. The average Bonchev–Trinajstić information content (AvgIpc) is 3.08. The van der Waals surface area contributed by atoms with Crippen molar-refractivity contribution in [1.29, 1.82) is 0 Å². The molecule has 19 heavy (non-hydrogen) atoms. The van der Waals surface area contributed by atoms with Gasteiger partial charge in [-0.25, -0.2) is 4.39 Å². The summed E-state index contributed by atoms with van der Waals surface area (Å²) in [7, 11) is 0. The average molecular weight is 261 g/mol. The molecule has 1 saturated carbocycles. The van der Waals surface area contributed by atoms with Gasteiger partial charge in [0.15, 0.2) is 6.29 Å². The van der Waals surface area contributed by atoms with E-state index in [9.17, 15) is 9.18 Å². The molecule has 0 aromatic heterocycles. The van der Waals surface area contributed by atoms with Gasteiger partial charge in [-0.15, -0.1) is 0 Å². The first-order chi connectivity index (χ1) is 9.29. The molecule has 2 fully saturated rings. The number of aldehydes is 1. The molecule has 1 heterocycles. The highest BCUT2D eigenvalue weighted by Crippen LogP contribution is 2.38. The van der Waals surface area contributed by atoms with Crippen molar-refractivity contribution in [3.05, 3.63) is 29.6 Å². The molecule has 1 atom stereocenters. The van der Waals surface area contributed by atoms with Crippen molar-refractivity contribution in [3.63, 3.8) is 0 Å². The Labute approximate surface area is 113 Å². The lowest BCUT2D eigenvalue weighted by Gasteiger charge is -2.32. The minimum Gasteiger partial charge on any atom is -0.368 e. The van der Waals surface area contributed by atoms with Crippen molar-refractivity contribution in [2.45, 2.75) is 44.6 Å². The highest BCUT2D eigenvalue weighted by Gasteiger charge is 2.34. The van der Waals surface area contributed by atoms with Gasteiger partial charge >= 0.3 is 0 Å². The summed E-state index contributed by atoms with van der Waals surface area (Å²) in [6.07, 6.45) is 8.44. The third kappa shape index (κ3) is 2.38. The summed E-state index contributed by atoms with van der Waals surface area (Å²) in [4.78, 5) is 13.5. The van der Waals surface area contributed by atoms with Crippen LogP contribution in [0.1, 0.15) is 48.9 Å². The summed E-state index contributed by atoms with van der Waals surface area (Å²) in [5.74, 6) is 0.425. The third-order valence-corrected chi connectivity index (χ3v) is 4.67. The zero-order valence-electron chi connectivity index (χ0n) is 11.1. The van der Waals surface area contributed by atoms with E-state index in [0.717, 1.165) is 24.4 Å². The van der Waals surface area contributed by atoms with Crippen LogP contribution in [0.15, 0.2) is 18.2 Å². The van der Waals surface area contributed by atoms with Gasteiger partial charge in [0.2, 0.25) is 0 Å². The Hall–Kier alpha value is -1.38. The van der Waals surface area contributed by atoms with Crippen molar-refractivity contribution in [2.75, 3.05) is 11.4 Å². The van der Waals surface area contributed by atoms with Crippen molar-refractivity contribution in [1.82, 2.24) is 0 Å². The Morgan fingerprint density at radius 1 is 1.16 bits per heavy atom. The molecule has 1 saturated heterocycles. The smallest absolute Gasteiger partial charge is 0.152 e. The molecule has 1 aliphatic carbocycles. The molecular formula is C16H20FNO. The van der Waals surface area contributed by atoms with Crippen LogP contribution >= 0.6 is 0 Å². The van der Waals surface area contributed by atoms with Crippen LogP contribution in [0.4, 0.5) is 10.1 Å². The monoisotopic (exact) mass is 261 g/mol. The van der Waals surface area contributed by atoms with Gasteiger partial charge in [0.25, 0.3) is 0 Å². The first-order valence-electron chi connectivity index (χ1n) is 7.31. The van der Waals surface area contributed by atoms with Crippen molar-refractivity contribution in [3.8, 4) is 0 Å². The highest BCUT2D eigenvalue weighted by atomic mass is 19.1. The van der Waals surface area contributed by atoms with E-state index in [1.54, 1.807) is 6.07 Å². The number of hydrogen-bond acceptors (Lipinski definition) is 2. The van der Waals surface area contributed by atoms with Crippen LogP contribution in [0, 0.1) is 11.7 Å². The molecule has 1 aromatic rings. The molecule has 0 spiro atoms. The van der Waals surface area contributed by atoms with Crippen LogP contribution in [-0.4, -0.2) is 18.9 Å². The zero-order valence-corrected chi connectivity index (χ0v) is 11.1. The van der Waals surface area contributed by atoms with E-state index in [4.69, 9.17) is 0 Å². The fraction of sp³-hybridized carbons (Fsp3) is 0.562. The number of benzene rings is 1. The van der Waals surface area contributed by atoms with Crippen LogP contribution < -0.4 is 4.90 Å². The molecule has 1 aromatic carbocycles. The van der Waals surface area contributed by atoms with E-state index in [2.05, 4.69) is 4.90 Å². The molecule has 0 amide bonds. The van der Waals surface area contributed by atoms with Gasteiger partial charge in [-0.3, -0.25) is 4.79 Å². The minimum atomic E-state index is -0.331. The molecule has 1 unspecified atom stereocenters. The second-order valence-corrected chi connectivity index (χ2v) is 5.77. The summed E-state index contributed by atoms with van der Waals surface area (Å²) in [5, 5.41) is 0. The lowest BCUT2D eigenvalue weighted by atomic mass is 9.95. The van der Waals surface area contributed by atoms with E-state index in [1.807, 2.05) is 0 Å². The first-order valence-corrected chi connectivity index (χ1v) is 7.31. The maximum absolute atomic E-state index is 13.2. The Balaban J connectivity index is 1.89. The predicted octanol–water partition coefficient (Wildman–Crippen LogP) is 3.80. The number of anilines is 1. The molecule has 0 radical (unpaired) electrons. The normalized spacial score (nSPS) is 24.1. The second kappa shape index (κ2) is 5.32. The Kier molecular flexibility index (Phi) is 3.54. The van der Waals surface area contributed by atoms with Crippen LogP contribution in [0.5, 0.6) is 0 Å². The summed E-state index contributed by atoms with van der Waals surface area (Å²) < 4.78 is 13.2. The van der Waals surface area contributed by atoms with E-state index in [-0.39, 0.29) is 5.82 Å².